The molecule has 21 heavy (non-hydrogen) atoms. The van der Waals surface area contributed by atoms with Crippen molar-refractivity contribution in [2.24, 2.45) is 5.92 Å². The van der Waals surface area contributed by atoms with Crippen molar-refractivity contribution in [2.45, 2.75) is 31.1 Å². The zero-order valence-corrected chi connectivity index (χ0v) is 13.8. The molecule has 0 bridgehead atoms. The van der Waals surface area contributed by atoms with Gasteiger partial charge in [-0.1, -0.05) is 6.92 Å². The van der Waals surface area contributed by atoms with E-state index in [2.05, 4.69) is 17.1 Å². The molecule has 0 unspecified atom stereocenters. The van der Waals surface area contributed by atoms with Gasteiger partial charge in [-0.25, -0.2) is 8.42 Å². The maximum Gasteiger partial charge on any atom is 0.175 e. The molecule has 0 atom stereocenters. The molecular formula is C16H26N2O2S. The second kappa shape index (κ2) is 7.27. The molecule has 0 spiro atoms. The maximum atomic E-state index is 11.5. The van der Waals surface area contributed by atoms with Crippen LogP contribution in [0.25, 0.3) is 0 Å². The number of hydrogen-bond acceptors (Lipinski definition) is 4. The van der Waals surface area contributed by atoms with Gasteiger partial charge in [-0.15, -0.1) is 0 Å². The van der Waals surface area contributed by atoms with E-state index < -0.39 is 9.84 Å². The topological polar surface area (TPSA) is 49.4 Å². The molecular weight excluding hydrogens is 284 g/mol. The highest BCUT2D eigenvalue weighted by Crippen LogP contribution is 2.22. The van der Waals surface area contributed by atoms with Gasteiger partial charge in [0.15, 0.2) is 9.84 Å². The van der Waals surface area contributed by atoms with Crippen LogP contribution in [0.2, 0.25) is 0 Å². The van der Waals surface area contributed by atoms with Gasteiger partial charge in [0.25, 0.3) is 0 Å². The van der Waals surface area contributed by atoms with Crippen LogP contribution in [0.3, 0.4) is 0 Å². The highest BCUT2D eigenvalue weighted by Gasteiger charge is 2.17. The summed E-state index contributed by atoms with van der Waals surface area (Å²) in [6.45, 7) is 6.48. The molecule has 118 valence electrons. The number of nitrogens with zero attached hydrogens (tertiary/aromatic N) is 1. The molecule has 0 aromatic heterocycles. The molecule has 0 radical (unpaired) electrons. The molecule has 1 heterocycles. The normalized spacial score (nSPS) is 16.9. The molecule has 1 aromatic rings. The van der Waals surface area contributed by atoms with E-state index in [9.17, 15) is 8.42 Å². The minimum atomic E-state index is -3.11. The lowest BCUT2D eigenvalue weighted by Gasteiger charge is -2.31. The van der Waals surface area contributed by atoms with E-state index in [0.29, 0.717) is 4.90 Å². The van der Waals surface area contributed by atoms with Crippen LogP contribution in [-0.4, -0.2) is 40.9 Å². The number of anilines is 1. The highest BCUT2D eigenvalue weighted by molar-refractivity contribution is 7.90. The van der Waals surface area contributed by atoms with Crippen molar-refractivity contribution in [1.82, 2.24) is 5.32 Å². The summed E-state index contributed by atoms with van der Waals surface area (Å²) in [6, 6.07) is 7.31. The Hall–Kier alpha value is -1.07. The molecule has 1 aliphatic rings. The summed E-state index contributed by atoms with van der Waals surface area (Å²) in [7, 11) is -3.11. The molecule has 0 aliphatic carbocycles. The van der Waals surface area contributed by atoms with Crippen LogP contribution in [0.4, 0.5) is 5.69 Å². The van der Waals surface area contributed by atoms with E-state index in [-0.39, 0.29) is 0 Å². The summed E-state index contributed by atoms with van der Waals surface area (Å²) in [5.74, 6) is 0.729. The summed E-state index contributed by atoms with van der Waals surface area (Å²) >= 11 is 0. The van der Waals surface area contributed by atoms with Gasteiger partial charge >= 0.3 is 0 Å². The third kappa shape index (κ3) is 4.71. The Morgan fingerprint density at radius 2 is 1.81 bits per heavy atom. The summed E-state index contributed by atoms with van der Waals surface area (Å²) in [5.41, 5.74) is 1.13. The van der Waals surface area contributed by atoms with Gasteiger partial charge in [0.2, 0.25) is 0 Å². The Kier molecular flexibility index (Phi) is 5.65. The van der Waals surface area contributed by atoms with E-state index in [0.717, 1.165) is 44.2 Å². The Labute approximate surface area is 128 Å². The molecule has 1 aliphatic heterocycles. The fraction of sp³-hybridized carbons (Fsp3) is 0.625. The van der Waals surface area contributed by atoms with E-state index in [1.54, 1.807) is 12.1 Å². The monoisotopic (exact) mass is 310 g/mol. The largest absolute Gasteiger partial charge is 0.371 e. The maximum absolute atomic E-state index is 11.5. The molecule has 1 aromatic carbocycles. The predicted molar refractivity (Wildman–Crippen MR) is 87.6 cm³/mol. The standard InChI is InChI=1S/C16H26N2O2S/c1-3-12-18(13-14-8-10-17-11-9-14)15-4-6-16(7-5-15)21(2,19)20/h4-7,14,17H,3,8-13H2,1-2H3. The van der Waals surface area contributed by atoms with E-state index in [4.69, 9.17) is 0 Å². The molecule has 1 fully saturated rings. The lowest BCUT2D eigenvalue weighted by atomic mass is 9.97. The second-order valence-corrected chi connectivity index (χ2v) is 7.92. The van der Waals surface area contributed by atoms with Gasteiger partial charge in [-0.2, -0.15) is 0 Å². The number of benzene rings is 1. The Bertz CT molecular complexity index is 534. The van der Waals surface area contributed by atoms with Crippen LogP contribution in [0.15, 0.2) is 29.2 Å². The molecule has 1 saturated heterocycles. The summed E-state index contributed by atoms with van der Waals surface area (Å²) in [5, 5.41) is 3.40. The fourth-order valence-electron chi connectivity index (χ4n) is 2.88. The summed E-state index contributed by atoms with van der Waals surface area (Å²) in [4.78, 5) is 2.78. The number of rotatable bonds is 6. The van der Waals surface area contributed by atoms with Crippen molar-refractivity contribution >= 4 is 15.5 Å². The minimum absolute atomic E-state index is 0.393. The average molecular weight is 310 g/mol. The van der Waals surface area contributed by atoms with Gasteiger partial charge in [-0.05, 0) is 62.5 Å². The molecule has 1 N–H and O–H groups in total. The zero-order valence-electron chi connectivity index (χ0n) is 13.0. The van der Waals surface area contributed by atoms with Crippen molar-refractivity contribution < 1.29 is 8.42 Å². The summed E-state index contributed by atoms with van der Waals surface area (Å²) < 4.78 is 23.1. The van der Waals surface area contributed by atoms with Crippen molar-refractivity contribution in [3.05, 3.63) is 24.3 Å². The van der Waals surface area contributed by atoms with Crippen LogP contribution in [0, 0.1) is 5.92 Å². The van der Waals surface area contributed by atoms with Crippen molar-refractivity contribution in [2.75, 3.05) is 37.3 Å². The first-order valence-corrected chi connectivity index (χ1v) is 9.65. The molecule has 2 rings (SSSR count). The quantitative estimate of drug-likeness (QED) is 0.876. The number of sulfone groups is 1. The van der Waals surface area contributed by atoms with Crippen LogP contribution in [-0.2, 0) is 9.84 Å². The zero-order chi connectivity index (χ0) is 15.3. The smallest absolute Gasteiger partial charge is 0.175 e. The first kappa shape index (κ1) is 16.3. The molecule has 5 heteroatoms. The van der Waals surface area contributed by atoms with Crippen molar-refractivity contribution in [1.29, 1.82) is 0 Å². The third-order valence-corrected chi connectivity index (χ3v) is 5.19. The lowest BCUT2D eigenvalue weighted by molar-refractivity contribution is 0.373. The average Bonchev–Trinajstić information content (AvgIpc) is 2.47. The SMILES string of the molecule is CCCN(CC1CCNCC1)c1ccc(S(C)(=O)=O)cc1. The number of nitrogens with one attached hydrogen (secondary N) is 1. The van der Waals surface area contributed by atoms with Crippen LogP contribution < -0.4 is 10.2 Å². The molecule has 4 nitrogen and oxygen atoms in total. The predicted octanol–water partition coefficient (Wildman–Crippen LogP) is 2.31. The van der Waals surface area contributed by atoms with Gasteiger partial charge < -0.3 is 10.2 Å². The van der Waals surface area contributed by atoms with E-state index in [1.807, 2.05) is 12.1 Å². The lowest BCUT2D eigenvalue weighted by Crippen LogP contribution is -2.36. The first-order valence-electron chi connectivity index (χ1n) is 7.76. The first-order chi connectivity index (χ1) is 10.0. The van der Waals surface area contributed by atoms with Crippen molar-refractivity contribution in [3.8, 4) is 0 Å². The van der Waals surface area contributed by atoms with Crippen LogP contribution in [0.5, 0.6) is 0 Å². The Morgan fingerprint density at radius 3 is 2.33 bits per heavy atom. The molecule has 0 saturated carbocycles. The van der Waals surface area contributed by atoms with E-state index in [1.165, 1.54) is 19.1 Å². The third-order valence-electron chi connectivity index (χ3n) is 4.06. The Balaban J connectivity index is 2.09. The van der Waals surface area contributed by atoms with Crippen LogP contribution >= 0.6 is 0 Å². The Morgan fingerprint density at radius 1 is 1.19 bits per heavy atom. The van der Waals surface area contributed by atoms with Gasteiger partial charge in [0.05, 0.1) is 4.90 Å². The van der Waals surface area contributed by atoms with Gasteiger partial charge in [0, 0.05) is 25.0 Å². The highest BCUT2D eigenvalue weighted by atomic mass is 32.2. The summed E-state index contributed by atoms with van der Waals surface area (Å²) in [6.07, 6.45) is 4.79. The van der Waals surface area contributed by atoms with E-state index >= 15 is 0 Å². The second-order valence-electron chi connectivity index (χ2n) is 5.91. The van der Waals surface area contributed by atoms with Crippen LogP contribution in [0.1, 0.15) is 26.2 Å². The fourth-order valence-corrected chi connectivity index (χ4v) is 3.51. The van der Waals surface area contributed by atoms with Crippen molar-refractivity contribution in [3.63, 3.8) is 0 Å². The number of piperidine rings is 1. The molecule has 0 amide bonds. The number of hydrogen-bond donors (Lipinski definition) is 1. The van der Waals surface area contributed by atoms with Gasteiger partial charge in [-0.3, -0.25) is 0 Å². The van der Waals surface area contributed by atoms with Gasteiger partial charge in [0.1, 0.15) is 0 Å². The minimum Gasteiger partial charge on any atom is -0.371 e.